The minimum atomic E-state index is -0.478. The van der Waals surface area contributed by atoms with Gasteiger partial charge in [0.1, 0.15) is 6.33 Å². The Morgan fingerprint density at radius 1 is 1.12 bits per heavy atom. The van der Waals surface area contributed by atoms with E-state index in [0.29, 0.717) is 42.5 Å². The highest BCUT2D eigenvalue weighted by molar-refractivity contribution is 6.30. The van der Waals surface area contributed by atoms with Gasteiger partial charge in [-0.15, -0.1) is 0 Å². The van der Waals surface area contributed by atoms with Gasteiger partial charge in [0.15, 0.2) is 0 Å². The number of piperazine rings is 1. The van der Waals surface area contributed by atoms with Crippen LogP contribution in [0.4, 0.5) is 28.7 Å². The fourth-order valence-corrected chi connectivity index (χ4v) is 3.94. The SMILES string of the molecule is CCOC(=O)c1ccc(Nc2ncnc(N3CCN(c4cccc(Cl)c4)CC3)c2[N+](=O)[O-])cc1. The minimum absolute atomic E-state index is 0.0798. The molecule has 10 nitrogen and oxygen atoms in total. The van der Waals surface area contributed by atoms with Crippen molar-refractivity contribution in [1.82, 2.24) is 9.97 Å². The highest BCUT2D eigenvalue weighted by atomic mass is 35.5. The van der Waals surface area contributed by atoms with E-state index < -0.39 is 10.9 Å². The lowest BCUT2D eigenvalue weighted by Gasteiger charge is -2.36. The van der Waals surface area contributed by atoms with E-state index in [4.69, 9.17) is 16.3 Å². The Morgan fingerprint density at radius 2 is 1.82 bits per heavy atom. The highest BCUT2D eigenvalue weighted by Crippen LogP contribution is 2.34. The Hall–Kier alpha value is -3.92. The van der Waals surface area contributed by atoms with Crippen LogP contribution in [0.25, 0.3) is 0 Å². The Kier molecular flexibility index (Phi) is 7.07. The van der Waals surface area contributed by atoms with Crippen LogP contribution in [-0.2, 0) is 4.74 Å². The third-order valence-electron chi connectivity index (χ3n) is 5.40. The van der Waals surface area contributed by atoms with Crippen molar-refractivity contribution in [3.05, 3.63) is 75.6 Å². The van der Waals surface area contributed by atoms with E-state index in [1.54, 1.807) is 31.2 Å². The molecule has 0 atom stereocenters. The van der Waals surface area contributed by atoms with Gasteiger partial charge in [-0.3, -0.25) is 10.1 Å². The standard InChI is InChI=1S/C23H23ClN6O4/c1-2-34-23(31)16-6-8-18(9-7-16)27-21-20(30(32)33)22(26-15-25-21)29-12-10-28(11-13-29)19-5-3-4-17(24)14-19/h3-9,14-15H,2,10-13H2,1H3,(H,25,26,27). The molecule has 1 N–H and O–H groups in total. The molecule has 34 heavy (non-hydrogen) atoms. The van der Waals surface area contributed by atoms with E-state index in [-0.39, 0.29) is 23.9 Å². The molecule has 4 rings (SSSR count). The number of nitrogens with one attached hydrogen (secondary N) is 1. The van der Waals surface area contributed by atoms with Gasteiger partial charge in [0.2, 0.25) is 11.6 Å². The molecule has 0 bridgehead atoms. The number of carbonyl (C=O) groups is 1. The molecule has 0 aliphatic carbocycles. The maximum absolute atomic E-state index is 12.0. The van der Waals surface area contributed by atoms with Gasteiger partial charge in [-0.1, -0.05) is 17.7 Å². The van der Waals surface area contributed by atoms with E-state index in [1.807, 2.05) is 29.2 Å². The van der Waals surface area contributed by atoms with Gasteiger partial charge in [0.05, 0.1) is 17.1 Å². The number of halogens is 1. The Bertz CT molecular complexity index is 1180. The van der Waals surface area contributed by atoms with Crippen LogP contribution in [-0.4, -0.2) is 53.6 Å². The number of carbonyl (C=O) groups excluding carboxylic acids is 1. The molecule has 1 aliphatic heterocycles. The molecule has 1 aromatic heterocycles. The number of hydrogen-bond donors (Lipinski definition) is 1. The number of benzene rings is 2. The van der Waals surface area contributed by atoms with Crippen LogP contribution in [0.2, 0.25) is 5.02 Å². The van der Waals surface area contributed by atoms with Crippen molar-refractivity contribution in [3.8, 4) is 0 Å². The van der Waals surface area contributed by atoms with Gasteiger partial charge in [0.25, 0.3) is 0 Å². The van der Waals surface area contributed by atoms with Crippen molar-refractivity contribution >= 4 is 46.3 Å². The first kappa shape index (κ1) is 23.2. The van der Waals surface area contributed by atoms with Gasteiger partial charge >= 0.3 is 11.7 Å². The predicted molar refractivity (Wildman–Crippen MR) is 130 cm³/mol. The lowest BCUT2D eigenvalue weighted by Crippen LogP contribution is -2.47. The first-order valence-electron chi connectivity index (χ1n) is 10.8. The topological polar surface area (TPSA) is 114 Å². The molecule has 0 radical (unpaired) electrons. The van der Waals surface area contributed by atoms with Crippen LogP contribution < -0.4 is 15.1 Å². The zero-order chi connectivity index (χ0) is 24.1. The predicted octanol–water partition coefficient (Wildman–Crippen LogP) is 4.29. The maximum atomic E-state index is 12.0. The number of aromatic nitrogens is 2. The normalized spacial score (nSPS) is 13.5. The molecule has 2 heterocycles. The number of esters is 1. The molecule has 0 saturated carbocycles. The molecule has 0 spiro atoms. The lowest BCUT2D eigenvalue weighted by atomic mass is 10.2. The number of hydrogen-bond acceptors (Lipinski definition) is 9. The number of nitrogens with zero attached hydrogens (tertiary/aromatic N) is 5. The van der Waals surface area contributed by atoms with Crippen LogP contribution in [0.5, 0.6) is 0 Å². The van der Waals surface area contributed by atoms with Gasteiger partial charge < -0.3 is 19.9 Å². The summed E-state index contributed by atoms with van der Waals surface area (Å²) in [7, 11) is 0. The van der Waals surface area contributed by atoms with Crippen LogP contribution in [0, 0.1) is 10.1 Å². The number of nitro groups is 1. The van der Waals surface area contributed by atoms with Crippen molar-refractivity contribution in [2.24, 2.45) is 0 Å². The van der Waals surface area contributed by atoms with Gasteiger partial charge in [-0.05, 0) is 49.4 Å². The van der Waals surface area contributed by atoms with Crippen molar-refractivity contribution in [2.75, 3.05) is 47.9 Å². The summed E-state index contributed by atoms with van der Waals surface area (Å²) in [6.07, 6.45) is 1.31. The van der Waals surface area contributed by atoms with Gasteiger partial charge in [-0.25, -0.2) is 14.8 Å². The summed E-state index contributed by atoms with van der Waals surface area (Å²) in [5.74, 6) is -0.0891. The van der Waals surface area contributed by atoms with E-state index >= 15 is 0 Å². The summed E-state index contributed by atoms with van der Waals surface area (Å²) in [6.45, 7) is 4.45. The van der Waals surface area contributed by atoms with E-state index in [2.05, 4.69) is 20.2 Å². The molecule has 11 heteroatoms. The molecule has 1 aliphatic rings. The largest absolute Gasteiger partial charge is 0.462 e. The maximum Gasteiger partial charge on any atom is 0.353 e. The van der Waals surface area contributed by atoms with Crippen molar-refractivity contribution in [1.29, 1.82) is 0 Å². The Labute approximate surface area is 201 Å². The first-order valence-corrected chi connectivity index (χ1v) is 11.1. The molecule has 0 amide bonds. The zero-order valence-electron chi connectivity index (χ0n) is 18.5. The number of ether oxygens (including phenoxy) is 1. The summed E-state index contributed by atoms with van der Waals surface area (Å²) in [4.78, 5) is 35.7. The van der Waals surface area contributed by atoms with Crippen molar-refractivity contribution < 1.29 is 14.5 Å². The van der Waals surface area contributed by atoms with E-state index in [1.165, 1.54) is 6.33 Å². The summed E-state index contributed by atoms with van der Waals surface area (Å²) < 4.78 is 4.98. The fraction of sp³-hybridized carbons (Fsp3) is 0.261. The molecule has 2 aromatic carbocycles. The van der Waals surface area contributed by atoms with Crippen molar-refractivity contribution in [3.63, 3.8) is 0 Å². The van der Waals surface area contributed by atoms with E-state index in [9.17, 15) is 14.9 Å². The van der Waals surface area contributed by atoms with Crippen LogP contribution in [0.3, 0.4) is 0 Å². The highest BCUT2D eigenvalue weighted by Gasteiger charge is 2.29. The molecular formula is C23H23ClN6O4. The molecule has 0 unspecified atom stereocenters. The minimum Gasteiger partial charge on any atom is -0.462 e. The summed E-state index contributed by atoms with van der Waals surface area (Å²) in [5, 5.41) is 15.6. The molecular weight excluding hydrogens is 460 g/mol. The average molecular weight is 483 g/mol. The first-order chi connectivity index (χ1) is 16.5. The number of anilines is 4. The molecule has 1 fully saturated rings. The molecule has 176 valence electrons. The zero-order valence-corrected chi connectivity index (χ0v) is 19.2. The summed E-state index contributed by atoms with van der Waals surface area (Å²) in [5.41, 5.74) is 1.75. The van der Waals surface area contributed by atoms with Gasteiger partial charge in [0, 0.05) is 42.6 Å². The van der Waals surface area contributed by atoms with Crippen LogP contribution >= 0.6 is 11.6 Å². The van der Waals surface area contributed by atoms with E-state index in [0.717, 1.165) is 5.69 Å². The third-order valence-corrected chi connectivity index (χ3v) is 5.63. The summed E-state index contributed by atoms with van der Waals surface area (Å²) >= 11 is 6.11. The fourth-order valence-electron chi connectivity index (χ4n) is 3.75. The van der Waals surface area contributed by atoms with Gasteiger partial charge in [-0.2, -0.15) is 0 Å². The molecule has 1 saturated heterocycles. The van der Waals surface area contributed by atoms with Crippen LogP contribution in [0.15, 0.2) is 54.9 Å². The summed E-state index contributed by atoms with van der Waals surface area (Å²) in [6, 6.07) is 14.1. The number of rotatable bonds is 7. The second-order valence-corrected chi connectivity index (χ2v) is 7.96. The lowest BCUT2D eigenvalue weighted by molar-refractivity contribution is -0.383. The van der Waals surface area contributed by atoms with Crippen molar-refractivity contribution in [2.45, 2.75) is 6.92 Å². The second-order valence-electron chi connectivity index (χ2n) is 7.53. The monoisotopic (exact) mass is 482 g/mol. The third kappa shape index (κ3) is 5.18. The quantitative estimate of drug-likeness (QED) is 0.299. The van der Waals surface area contributed by atoms with Crippen LogP contribution in [0.1, 0.15) is 17.3 Å². The Balaban J connectivity index is 1.52. The smallest absolute Gasteiger partial charge is 0.353 e. The Morgan fingerprint density at radius 3 is 2.47 bits per heavy atom. The molecule has 3 aromatic rings. The average Bonchev–Trinajstić information content (AvgIpc) is 2.84. The second kappa shape index (κ2) is 10.3.